The number of benzene rings is 1. The molecule has 1 unspecified atom stereocenters. The quantitative estimate of drug-likeness (QED) is 0.755. The molecule has 3 aromatic rings. The highest BCUT2D eigenvalue weighted by Crippen LogP contribution is 2.31. The first kappa shape index (κ1) is 18.4. The number of amides is 1. The van der Waals surface area contributed by atoms with Gasteiger partial charge < -0.3 is 15.0 Å². The molecule has 3 heterocycles. The highest BCUT2D eigenvalue weighted by atomic mass is 16.5. The minimum absolute atomic E-state index is 0.0240. The summed E-state index contributed by atoms with van der Waals surface area (Å²) in [6.45, 7) is 6.20. The zero-order valence-corrected chi connectivity index (χ0v) is 16.4. The number of hydrogen-bond donors (Lipinski definition) is 1. The number of aromatic nitrogens is 3. The van der Waals surface area contributed by atoms with Crippen molar-refractivity contribution in [1.29, 1.82) is 0 Å². The number of hydrogen-bond acceptors (Lipinski definition) is 5. The molecule has 1 fully saturated rings. The summed E-state index contributed by atoms with van der Waals surface area (Å²) in [5, 5.41) is 8.66. The van der Waals surface area contributed by atoms with E-state index in [4.69, 9.17) is 4.74 Å². The molecular weight excluding hydrogens is 354 g/mol. The third kappa shape index (κ3) is 3.22. The van der Waals surface area contributed by atoms with Crippen molar-refractivity contribution in [2.45, 2.75) is 25.9 Å². The molecule has 1 aromatic carbocycles. The van der Waals surface area contributed by atoms with E-state index < -0.39 is 0 Å². The standard InChI is InChI=1S/C21H25N5O2/c1-14(2)26-20-15(12-24-26)10-16(11-23-20)21(27)25-9-8-22-13-18(25)17-6-4-5-7-19(17)28-3/h4-7,10-12,14,18,22H,8-9,13H2,1-3H3. The molecule has 28 heavy (non-hydrogen) atoms. The van der Waals surface area contributed by atoms with Crippen molar-refractivity contribution in [1.82, 2.24) is 25.0 Å². The summed E-state index contributed by atoms with van der Waals surface area (Å²) in [6.07, 6.45) is 3.43. The van der Waals surface area contributed by atoms with Crippen molar-refractivity contribution in [3.63, 3.8) is 0 Å². The first-order chi connectivity index (χ1) is 13.6. The topological polar surface area (TPSA) is 72.3 Å². The van der Waals surface area contributed by atoms with E-state index in [-0.39, 0.29) is 18.0 Å². The lowest BCUT2D eigenvalue weighted by Crippen LogP contribution is -2.48. The van der Waals surface area contributed by atoms with Gasteiger partial charge in [-0.1, -0.05) is 18.2 Å². The van der Waals surface area contributed by atoms with E-state index in [1.165, 1.54) is 0 Å². The molecule has 1 amide bonds. The fourth-order valence-electron chi connectivity index (χ4n) is 3.77. The number of methoxy groups -OCH3 is 1. The van der Waals surface area contributed by atoms with Gasteiger partial charge in [-0.2, -0.15) is 5.10 Å². The SMILES string of the molecule is COc1ccccc1C1CNCCN1C(=O)c1cnc2c(cnn2C(C)C)c1. The Kier molecular flexibility index (Phi) is 5.00. The minimum Gasteiger partial charge on any atom is -0.496 e. The highest BCUT2D eigenvalue weighted by molar-refractivity contribution is 5.97. The molecule has 1 N–H and O–H groups in total. The van der Waals surface area contributed by atoms with Crippen LogP contribution in [0.2, 0.25) is 0 Å². The van der Waals surface area contributed by atoms with Gasteiger partial charge in [-0.05, 0) is 26.0 Å². The zero-order chi connectivity index (χ0) is 19.7. The lowest BCUT2D eigenvalue weighted by atomic mass is 10.0. The largest absolute Gasteiger partial charge is 0.496 e. The minimum atomic E-state index is -0.0912. The van der Waals surface area contributed by atoms with E-state index in [0.29, 0.717) is 18.7 Å². The van der Waals surface area contributed by atoms with Crippen molar-refractivity contribution >= 4 is 16.9 Å². The van der Waals surface area contributed by atoms with Gasteiger partial charge in [0.05, 0.1) is 24.9 Å². The summed E-state index contributed by atoms with van der Waals surface area (Å²) in [6, 6.07) is 9.88. The Morgan fingerprint density at radius 2 is 2.11 bits per heavy atom. The summed E-state index contributed by atoms with van der Waals surface area (Å²) >= 11 is 0. The van der Waals surface area contributed by atoms with Crippen LogP contribution >= 0.6 is 0 Å². The summed E-state index contributed by atoms with van der Waals surface area (Å²) in [4.78, 5) is 19.8. The number of para-hydroxylation sites is 1. The van der Waals surface area contributed by atoms with E-state index >= 15 is 0 Å². The third-order valence-electron chi connectivity index (χ3n) is 5.17. The number of pyridine rings is 1. The van der Waals surface area contributed by atoms with Crippen LogP contribution in [-0.2, 0) is 0 Å². The van der Waals surface area contributed by atoms with Crippen LogP contribution in [0.4, 0.5) is 0 Å². The van der Waals surface area contributed by atoms with Crippen molar-refractivity contribution in [3.05, 3.63) is 53.9 Å². The number of rotatable bonds is 4. The first-order valence-electron chi connectivity index (χ1n) is 9.58. The fourth-order valence-corrected chi connectivity index (χ4v) is 3.77. The van der Waals surface area contributed by atoms with Gasteiger partial charge in [0.25, 0.3) is 5.91 Å². The van der Waals surface area contributed by atoms with Crippen LogP contribution in [0, 0.1) is 0 Å². The Balaban J connectivity index is 1.68. The molecule has 146 valence electrons. The van der Waals surface area contributed by atoms with Crippen LogP contribution in [0.25, 0.3) is 11.0 Å². The Hall–Kier alpha value is -2.93. The molecule has 1 aliphatic heterocycles. The van der Waals surface area contributed by atoms with Gasteiger partial charge in [0, 0.05) is 42.8 Å². The highest BCUT2D eigenvalue weighted by Gasteiger charge is 2.30. The Morgan fingerprint density at radius 1 is 1.29 bits per heavy atom. The van der Waals surface area contributed by atoms with Crippen molar-refractivity contribution < 1.29 is 9.53 Å². The molecule has 0 aliphatic carbocycles. The molecule has 0 radical (unpaired) electrons. The monoisotopic (exact) mass is 379 g/mol. The zero-order valence-electron chi connectivity index (χ0n) is 16.4. The number of carbonyl (C=O) groups is 1. The van der Waals surface area contributed by atoms with Crippen LogP contribution in [0.15, 0.2) is 42.7 Å². The summed E-state index contributed by atoms with van der Waals surface area (Å²) in [7, 11) is 1.66. The van der Waals surface area contributed by atoms with Gasteiger partial charge in [-0.3, -0.25) is 4.79 Å². The maximum atomic E-state index is 13.4. The van der Waals surface area contributed by atoms with Gasteiger partial charge in [0.2, 0.25) is 0 Å². The second kappa shape index (κ2) is 7.59. The summed E-state index contributed by atoms with van der Waals surface area (Å²) in [5.41, 5.74) is 2.39. The molecule has 1 aliphatic rings. The number of fused-ring (bicyclic) bond motifs is 1. The Morgan fingerprint density at radius 3 is 2.89 bits per heavy atom. The molecule has 0 bridgehead atoms. The Labute approximate surface area is 164 Å². The predicted octanol–water partition coefficient (Wildman–Crippen LogP) is 2.81. The molecule has 1 atom stereocenters. The summed E-state index contributed by atoms with van der Waals surface area (Å²) in [5.74, 6) is 0.768. The maximum Gasteiger partial charge on any atom is 0.256 e. The normalized spacial score (nSPS) is 17.3. The van der Waals surface area contributed by atoms with Crippen LogP contribution in [0.5, 0.6) is 5.75 Å². The van der Waals surface area contributed by atoms with E-state index in [2.05, 4.69) is 29.2 Å². The predicted molar refractivity (Wildman–Crippen MR) is 108 cm³/mol. The van der Waals surface area contributed by atoms with E-state index in [1.807, 2.05) is 39.9 Å². The van der Waals surface area contributed by atoms with E-state index in [9.17, 15) is 4.79 Å². The van der Waals surface area contributed by atoms with Gasteiger partial charge in [-0.25, -0.2) is 9.67 Å². The van der Waals surface area contributed by atoms with Crippen molar-refractivity contribution in [3.8, 4) is 5.75 Å². The lowest BCUT2D eigenvalue weighted by molar-refractivity contribution is 0.0631. The van der Waals surface area contributed by atoms with Gasteiger partial charge in [-0.15, -0.1) is 0 Å². The summed E-state index contributed by atoms with van der Waals surface area (Å²) < 4.78 is 7.39. The molecule has 7 nitrogen and oxygen atoms in total. The van der Waals surface area contributed by atoms with Gasteiger partial charge in [0.15, 0.2) is 5.65 Å². The van der Waals surface area contributed by atoms with Crippen LogP contribution in [0.3, 0.4) is 0 Å². The Bertz CT molecular complexity index is 997. The second-order valence-electron chi connectivity index (χ2n) is 7.28. The number of nitrogens with zero attached hydrogens (tertiary/aromatic N) is 4. The number of carbonyl (C=O) groups excluding carboxylic acids is 1. The third-order valence-corrected chi connectivity index (χ3v) is 5.17. The molecular formula is C21H25N5O2. The molecule has 0 spiro atoms. The maximum absolute atomic E-state index is 13.4. The molecule has 0 saturated carbocycles. The van der Waals surface area contributed by atoms with Gasteiger partial charge >= 0.3 is 0 Å². The number of ether oxygens (including phenoxy) is 1. The number of nitrogens with one attached hydrogen (secondary N) is 1. The van der Waals surface area contributed by atoms with Crippen LogP contribution in [-0.4, -0.2) is 52.3 Å². The second-order valence-corrected chi connectivity index (χ2v) is 7.28. The van der Waals surface area contributed by atoms with Crippen molar-refractivity contribution in [2.24, 2.45) is 0 Å². The first-order valence-corrected chi connectivity index (χ1v) is 9.58. The average molecular weight is 379 g/mol. The molecule has 4 rings (SSSR count). The van der Waals surface area contributed by atoms with Gasteiger partial charge in [0.1, 0.15) is 5.75 Å². The molecule has 7 heteroatoms. The molecule has 1 saturated heterocycles. The number of piperazine rings is 1. The fraction of sp³-hybridized carbons (Fsp3) is 0.381. The van der Waals surface area contributed by atoms with E-state index in [1.54, 1.807) is 19.5 Å². The van der Waals surface area contributed by atoms with Crippen molar-refractivity contribution in [2.75, 3.05) is 26.7 Å². The smallest absolute Gasteiger partial charge is 0.256 e. The van der Waals surface area contributed by atoms with Crippen LogP contribution < -0.4 is 10.1 Å². The lowest BCUT2D eigenvalue weighted by Gasteiger charge is -2.37. The molecule has 2 aromatic heterocycles. The van der Waals surface area contributed by atoms with Crippen LogP contribution in [0.1, 0.15) is 41.9 Å². The van der Waals surface area contributed by atoms with E-state index in [0.717, 1.165) is 28.9 Å². The average Bonchev–Trinajstić information content (AvgIpc) is 3.16.